The number of anilines is 1. The van der Waals surface area contributed by atoms with Gasteiger partial charge in [-0.25, -0.2) is 10.2 Å². The van der Waals surface area contributed by atoms with Crippen LogP contribution in [-0.2, 0) is 9.59 Å². The Hall–Kier alpha value is -3.98. The number of hydrogen-bond donors (Lipinski definition) is 2. The van der Waals surface area contributed by atoms with Crippen LogP contribution in [-0.4, -0.2) is 31.1 Å². The van der Waals surface area contributed by atoms with E-state index < -0.39 is 17.8 Å². The number of halogens is 1. The second-order valence-corrected chi connectivity index (χ2v) is 7.69. The zero-order valence-corrected chi connectivity index (χ0v) is 19.4. The number of nitrogens with one attached hydrogen (secondary N) is 2. The van der Waals surface area contributed by atoms with Crippen LogP contribution in [0.5, 0.6) is 11.5 Å². The highest BCUT2D eigenvalue weighted by Gasteiger charge is 2.15. The van der Waals surface area contributed by atoms with Crippen LogP contribution in [0.2, 0.25) is 0 Å². The molecule has 8 nitrogen and oxygen atoms in total. The van der Waals surface area contributed by atoms with E-state index in [1.807, 2.05) is 19.1 Å². The Morgan fingerprint density at radius 1 is 0.939 bits per heavy atom. The molecule has 0 bridgehead atoms. The van der Waals surface area contributed by atoms with Gasteiger partial charge in [0.25, 0.3) is 0 Å². The minimum atomic E-state index is -0.926. The SMILES string of the molecule is COc1cc(/C=N/NC(=O)C(=O)Nc2ccc(Br)cc2)ccc1OC(=O)c1ccccc1C. The first-order valence-electron chi connectivity index (χ1n) is 9.73. The van der Waals surface area contributed by atoms with Gasteiger partial charge in [0.15, 0.2) is 11.5 Å². The van der Waals surface area contributed by atoms with Crippen LogP contribution in [0.25, 0.3) is 0 Å². The molecule has 0 atom stereocenters. The van der Waals surface area contributed by atoms with Gasteiger partial charge in [-0.15, -0.1) is 0 Å². The molecular weight excluding hydrogens is 490 g/mol. The summed E-state index contributed by atoms with van der Waals surface area (Å²) >= 11 is 3.29. The molecule has 0 aliphatic rings. The molecule has 0 heterocycles. The molecule has 0 fully saturated rings. The number of hydrogen-bond acceptors (Lipinski definition) is 6. The standard InChI is InChI=1S/C24H20BrN3O5/c1-15-5-3-4-6-19(15)24(31)33-20-12-7-16(13-21(20)32-2)14-26-28-23(30)22(29)27-18-10-8-17(25)9-11-18/h3-14H,1-2H3,(H,27,29)(H,28,30)/b26-14+. The van der Waals surface area contributed by atoms with Crippen LogP contribution in [0.15, 0.2) is 76.3 Å². The molecule has 0 saturated carbocycles. The Balaban J connectivity index is 1.61. The number of nitrogens with zero attached hydrogens (tertiary/aromatic N) is 1. The maximum atomic E-state index is 12.5. The number of aryl methyl sites for hydroxylation is 1. The van der Waals surface area contributed by atoms with E-state index in [2.05, 4.69) is 31.8 Å². The van der Waals surface area contributed by atoms with E-state index in [4.69, 9.17) is 9.47 Å². The summed E-state index contributed by atoms with van der Waals surface area (Å²) in [5.41, 5.74) is 4.43. The minimum absolute atomic E-state index is 0.237. The molecule has 0 aliphatic heterocycles. The fourth-order valence-electron chi connectivity index (χ4n) is 2.74. The molecule has 0 aliphatic carbocycles. The van der Waals surface area contributed by atoms with Crippen LogP contribution >= 0.6 is 15.9 Å². The Labute approximate surface area is 198 Å². The summed E-state index contributed by atoms with van der Waals surface area (Å²) in [4.78, 5) is 36.3. The fraction of sp³-hybridized carbons (Fsp3) is 0.0833. The summed E-state index contributed by atoms with van der Waals surface area (Å²) in [6, 6.07) is 18.6. The van der Waals surface area contributed by atoms with Gasteiger partial charge in [-0.1, -0.05) is 34.1 Å². The number of amides is 2. The van der Waals surface area contributed by atoms with E-state index in [1.54, 1.807) is 54.6 Å². The predicted molar refractivity (Wildman–Crippen MR) is 128 cm³/mol. The molecule has 3 aromatic carbocycles. The zero-order chi connectivity index (χ0) is 23.8. The van der Waals surface area contributed by atoms with Gasteiger partial charge in [0.1, 0.15) is 0 Å². The first-order chi connectivity index (χ1) is 15.9. The molecule has 0 saturated heterocycles. The molecule has 168 valence electrons. The van der Waals surface area contributed by atoms with Crippen molar-refractivity contribution in [1.82, 2.24) is 5.43 Å². The van der Waals surface area contributed by atoms with E-state index in [9.17, 15) is 14.4 Å². The first-order valence-corrected chi connectivity index (χ1v) is 10.5. The highest BCUT2D eigenvalue weighted by molar-refractivity contribution is 9.10. The molecule has 0 radical (unpaired) electrons. The number of esters is 1. The van der Waals surface area contributed by atoms with Gasteiger partial charge in [-0.05, 0) is 66.6 Å². The van der Waals surface area contributed by atoms with Crippen LogP contribution in [0.3, 0.4) is 0 Å². The number of carbonyl (C=O) groups excluding carboxylic acids is 3. The van der Waals surface area contributed by atoms with Gasteiger partial charge in [0.2, 0.25) is 0 Å². The first kappa shape index (κ1) is 23.7. The average Bonchev–Trinajstić information content (AvgIpc) is 2.81. The molecule has 2 N–H and O–H groups in total. The topological polar surface area (TPSA) is 106 Å². The van der Waals surface area contributed by atoms with Crippen molar-refractivity contribution in [2.75, 3.05) is 12.4 Å². The molecule has 2 amide bonds. The van der Waals surface area contributed by atoms with E-state index >= 15 is 0 Å². The lowest BCUT2D eigenvalue weighted by atomic mass is 10.1. The fourth-order valence-corrected chi connectivity index (χ4v) is 3.01. The monoisotopic (exact) mass is 509 g/mol. The van der Waals surface area contributed by atoms with Crippen molar-refractivity contribution < 1.29 is 23.9 Å². The second-order valence-electron chi connectivity index (χ2n) is 6.77. The summed E-state index contributed by atoms with van der Waals surface area (Å²) in [6.45, 7) is 1.82. The Kier molecular flexibility index (Phi) is 7.93. The van der Waals surface area contributed by atoms with E-state index in [0.29, 0.717) is 22.6 Å². The normalized spacial score (nSPS) is 10.5. The van der Waals surface area contributed by atoms with Gasteiger partial charge in [-0.3, -0.25) is 9.59 Å². The number of hydrazone groups is 1. The van der Waals surface area contributed by atoms with Crippen molar-refractivity contribution in [1.29, 1.82) is 0 Å². The quantitative estimate of drug-likeness (QED) is 0.171. The Morgan fingerprint density at radius 3 is 2.36 bits per heavy atom. The van der Waals surface area contributed by atoms with Gasteiger partial charge in [0.05, 0.1) is 18.9 Å². The summed E-state index contributed by atoms with van der Waals surface area (Å²) < 4.78 is 11.6. The molecule has 0 aromatic heterocycles. The zero-order valence-electron chi connectivity index (χ0n) is 17.8. The maximum Gasteiger partial charge on any atom is 0.343 e. The molecule has 3 rings (SSSR count). The van der Waals surface area contributed by atoms with Crippen molar-refractivity contribution in [3.05, 3.63) is 87.9 Å². The molecule has 3 aromatic rings. The third kappa shape index (κ3) is 6.50. The molecular formula is C24H20BrN3O5. The summed E-state index contributed by atoms with van der Waals surface area (Å²) in [7, 11) is 1.44. The lowest BCUT2D eigenvalue weighted by Gasteiger charge is -2.11. The van der Waals surface area contributed by atoms with Gasteiger partial charge < -0.3 is 14.8 Å². The highest BCUT2D eigenvalue weighted by Crippen LogP contribution is 2.28. The van der Waals surface area contributed by atoms with Crippen molar-refractivity contribution in [3.8, 4) is 11.5 Å². The summed E-state index contributed by atoms with van der Waals surface area (Å²) in [5.74, 6) is -1.74. The van der Waals surface area contributed by atoms with E-state index in [-0.39, 0.29) is 5.75 Å². The van der Waals surface area contributed by atoms with Gasteiger partial charge >= 0.3 is 17.8 Å². The maximum absolute atomic E-state index is 12.5. The Morgan fingerprint density at radius 2 is 1.67 bits per heavy atom. The van der Waals surface area contributed by atoms with Crippen LogP contribution in [0.4, 0.5) is 5.69 Å². The molecule has 0 unspecified atom stereocenters. The summed E-state index contributed by atoms with van der Waals surface area (Å²) in [6.07, 6.45) is 1.33. The largest absolute Gasteiger partial charge is 0.493 e. The van der Waals surface area contributed by atoms with Crippen LogP contribution in [0.1, 0.15) is 21.5 Å². The number of ether oxygens (including phenoxy) is 2. The lowest BCUT2D eigenvalue weighted by molar-refractivity contribution is -0.136. The Bertz CT molecular complexity index is 1210. The number of benzene rings is 3. The molecule has 33 heavy (non-hydrogen) atoms. The van der Waals surface area contributed by atoms with Gasteiger partial charge in [-0.2, -0.15) is 5.10 Å². The molecule has 0 spiro atoms. The molecule has 9 heteroatoms. The summed E-state index contributed by atoms with van der Waals surface area (Å²) in [5, 5.41) is 6.25. The average molecular weight is 510 g/mol. The number of carbonyl (C=O) groups is 3. The van der Waals surface area contributed by atoms with Crippen molar-refractivity contribution in [2.24, 2.45) is 5.10 Å². The van der Waals surface area contributed by atoms with E-state index in [1.165, 1.54) is 13.3 Å². The smallest absolute Gasteiger partial charge is 0.343 e. The minimum Gasteiger partial charge on any atom is -0.493 e. The van der Waals surface area contributed by atoms with Crippen molar-refractivity contribution in [3.63, 3.8) is 0 Å². The van der Waals surface area contributed by atoms with E-state index in [0.717, 1.165) is 10.0 Å². The number of methoxy groups -OCH3 is 1. The third-order valence-corrected chi connectivity index (χ3v) is 4.97. The van der Waals surface area contributed by atoms with Gasteiger partial charge in [0, 0.05) is 10.2 Å². The number of rotatable bonds is 6. The van der Waals surface area contributed by atoms with Crippen LogP contribution in [0, 0.1) is 6.92 Å². The highest BCUT2D eigenvalue weighted by atomic mass is 79.9. The van der Waals surface area contributed by atoms with Crippen molar-refractivity contribution >= 4 is 45.6 Å². The lowest BCUT2D eigenvalue weighted by Crippen LogP contribution is -2.32. The predicted octanol–water partition coefficient (Wildman–Crippen LogP) is 4.07. The van der Waals surface area contributed by atoms with Crippen molar-refractivity contribution in [2.45, 2.75) is 6.92 Å². The van der Waals surface area contributed by atoms with Crippen LogP contribution < -0.4 is 20.2 Å². The second kappa shape index (κ2) is 11.1. The third-order valence-electron chi connectivity index (χ3n) is 4.44.